The summed E-state index contributed by atoms with van der Waals surface area (Å²) in [6, 6.07) is 0. The molecule has 1 amide bonds. The molecule has 0 saturated carbocycles. The van der Waals surface area contributed by atoms with Crippen molar-refractivity contribution in [2.45, 2.75) is 46.5 Å². The molecule has 0 saturated heterocycles. The fraction of sp³-hybridized carbons (Fsp3) is 0.750. The second kappa shape index (κ2) is 7.60. The highest BCUT2D eigenvalue weighted by molar-refractivity contribution is 5.92. The third-order valence-electron chi connectivity index (χ3n) is 2.18. The van der Waals surface area contributed by atoms with Crippen LogP contribution in [0.25, 0.3) is 0 Å². The zero-order chi connectivity index (χ0) is 11.0. The van der Waals surface area contributed by atoms with Crippen LogP contribution in [0, 0.1) is 0 Å². The Kier molecular flexibility index (Phi) is 7.17. The third-order valence-corrected chi connectivity index (χ3v) is 2.18. The van der Waals surface area contributed by atoms with Crippen LogP contribution in [0.2, 0.25) is 0 Å². The summed E-state index contributed by atoms with van der Waals surface area (Å²) in [6.07, 6.45) is 4.52. The average molecular weight is 197 g/mol. The van der Waals surface area contributed by atoms with Gasteiger partial charge in [-0.15, -0.1) is 0 Å². The summed E-state index contributed by atoms with van der Waals surface area (Å²) in [7, 11) is 0. The van der Waals surface area contributed by atoms with Crippen LogP contribution in [0.1, 0.15) is 46.5 Å². The summed E-state index contributed by atoms with van der Waals surface area (Å²) in [5.41, 5.74) is 0.648. The van der Waals surface area contributed by atoms with Gasteiger partial charge in [0.1, 0.15) is 0 Å². The standard InChI is InChI=1S/C12H23NO/c1-5-7-8-10-13(9-6-2)12(14)11(3)4/h3,5-10H2,1-2,4H3. The number of carbonyl (C=O) groups is 1. The largest absolute Gasteiger partial charge is 0.339 e. The first-order chi connectivity index (χ1) is 6.63. The summed E-state index contributed by atoms with van der Waals surface area (Å²) in [5.74, 6) is 0.114. The minimum atomic E-state index is 0.114. The first-order valence-corrected chi connectivity index (χ1v) is 5.58. The van der Waals surface area contributed by atoms with Crippen LogP contribution >= 0.6 is 0 Å². The Morgan fingerprint density at radius 3 is 2.21 bits per heavy atom. The van der Waals surface area contributed by atoms with Crippen molar-refractivity contribution in [2.75, 3.05) is 13.1 Å². The highest BCUT2D eigenvalue weighted by Crippen LogP contribution is 2.04. The Hall–Kier alpha value is -0.790. The molecular weight excluding hydrogens is 174 g/mol. The molecule has 0 aliphatic heterocycles. The number of hydrogen-bond acceptors (Lipinski definition) is 1. The first-order valence-electron chi connectivity index (χ1n) is 5.58. The van der Waals surface area contributed by atoms with Crippen LogP contribution in [0.5, 0.6) is 0 Å². The van der Waals surface area contributed by atoms with E-state index in [9.17, 15) is 4.79 Å². The van der Waals surface area contributed by atoms with Crippen molar-refractivity contribution in [2.24, 2.45) is 0 Å². The second-order valence-electron chi connectivity index (χ2n) is 3.78. The molecular formula is C12H23NO. The van der Waals surface area contributed by atoms with E-state index < -0.39 is 0 Å². The van der Waals surface area contributed by atoms with Crippen molar-refractivity contribution in [3.05, 3.63) is 12.2 Å². The minimum Gasteiger partial charge on any atom is -0.339 e. The Morgan fingerprint density at radius 1 is 1.14 bits per heavy atom. The molecule has 82 valence electrons. The zero-order valence-corrected chi connectivity index (χ0v) is 9.81. The Morgan fingerprint density at radius 2 is 1.79 bits per heavy atom. The molecule has 0 bridgehead atoms. The summed E-state index contributed by atoms with van der Waals surface area (Å²) >= 11 is 0. The third kappa shape index (κ3) is 5.05. The van der Waals surface area contributed by atoms with Gasteiger partial charge < -0.3 is 4.90 Å². The number of hydrogen-bond donors (Lipinski definition) is 0. The van der Waals surface area contributed by atoms with Crippen LogP contribution in [-0.2, 0) is 4.79 Å². The second-order valence-corrected chi connectivity index (χ2v) is 3.78. The maximum atomic E-state index is 11.7. The van der Waals surface area contributed by atoms with Gasteiger partial charge in [-0.3, -0.25) is 4.79 Å². The van der Waals surface area contributed by atoms with Crippen molar-refractivity contribution in [3.8, 4) is 0 Å². The molecule has 0 N–H and O–H groups in total. The predicted octanol–water partition coefficient (Wildman–Crippen LogP) is 2.99. The Bertz CT molecular complexity index is 187. The highest BCUT2D eigenvalue weighted by Gasteiger charge is 2.11. The lowest BCUT2D eigenvalue weighted by Gasteiger charge is -2.22. The van der Waals surface area contributed by atoms with Crippen molar-refractivity contribution in [1.82, 2.24) is 4.90 Å². The minimum absolute atomic E-state index is 0.114. The summed E-state index contributed by atoms with van der Waals surface area (Å²) in [5, 5.41) is 0. The van der Waals surface area contributed by atoms with E-state index in [0.717, 1.165) is 25.9 Å². The van der Waals surface area contributed by atoms with E-state index in [1.54, 1.807) is 6.92 Å². The molecule has 0 rings (SSSR count). The highest BCUT2D eigenvalue weighted by atomic mass is 16.2. The van der Waals surface area contributed by atoms with Gasteiger partial charge in [0.15, 0.2) is 0 Å². The first kappa shape index (κ1) is 13.2. The van der Waals surface area contributed by atoms with Gasteiger partial charge in [-0.05, 0) is 19.8 Å². The monoisotopic (exact) mass is 197 g/mol. The van der Waals surface area contributed by atoms with Gasteiger partial charge in [-0.2, -0.15) is 0 Å². The maximum absolute atomic E-state index is 11.7. The molecule has 14 heavy (non-hydrogen) atoms. The SMILES string of the molecule is C=C(C)C(=O)N(CCC)CCCCC. The van der Waals surface area contributed by atoms with E-state index in [0.29, 0.717) is 5.57 Å². The van der Waals surface area contributed by atoms with Gasteiger partial charge in [0.2, 0.25) is 5.91 Å². The van der Waals surface area contributed by atoms with E-state index in [4.69, 9.17) is 0 Å². The Labute approximate surface area is 88.0 Å². The lowest BCUT2D eigenvalue weighted by atomic mass is 10.2. The van der Waals surface area contributed by atoms with Crippen molar-refractivity contribution >= 4 is 5.91 Å². The molecule has 0 atom stereocenters. The van der Waals surface area contributed by atoms with Crippen LogP contribution in [0.4, 0.5) is 0 Å². The molecule has 0 aliphatic carbocycles. The summed E-state index contributed by atoms with van der Waals surface area (Å²) < 4.78 is 0. The molecule has 0 unspecified atom stereocenters. The van der Waals surface area contributed by atoms with Crippen molar-refractivity contribution < 1.29 is 4.79 Å². The van der Waals surface area contributed by atoms with E-state index >= 15 is 0 Å². The van der Waals surface area contributed by atoms with Gasteiger partial charge in [-0.25, -0.2) is 0 Å². The van der Waals surface area contributed by atoms with Gasteiger partial charge >= 0.3 is 0 Å². The molecule has 0 aliphatic rings. The number of nitrogens with zero attached hydrogens (tertiary/aromatic N) is 1. The molecule has 2 nitrogen and oxygen atoms in total. The van der Waals surface area contributed by atoms with E-state index in [-0.39, 0.29) is 5.91 Å². The van der Waals surface area contributed by atoms with Crippen LogP contribution < -0.4 is 0 Å². The molecule has 0 aromatic heterocycles. The van der Waals surface area contributed by atoms with E-state index in [1.807, 2.05) is 4.90 Å². The molecule has 0 heterocycles. The molecule has 0 radical (unpaired) electrons. The normalized spacial score (nSPS) is 9.93. The topological polar surface area (TPSA) is 20.3 Å². The quantitative estimate of drug-likeness (QED) is 0.454. The molecule has 2 heteroatoms. The summed E-state index contributed by atoms with van der Waals surface area (Å²) in [4.78, 5) is 13.6. The maximum Gasteiger partial charge on any atom is 0.248 e. The fourth-order valence-electron chi connectivity index (χ4n) is 1.41. The van der Waals surface area contributed by atoms with Gasteiger partial charge in [0.05, 0.1) is 0 Å². The molecule has 0 aromatic rings. The van der Waals surface area contributed by atoms with Gasteiger partial charge in [-0.1, -0.05) is 33.3 Å². The number of unbranched alkanes of at least 4 members (excludes halogenated alkanes) is 2. The van der Waals surface area contributed by atoms with Gasteiger partial charge in [0.25, 0.3) is 0 Å². The lowest BCUT2D eigenvalue weighted by Crippen LogP contribution is -2.33. The van der Waals surface area contributed by atoms with E-state index in [1.165, 1.54) is 12.8 Å². The smallest absolute Gasteiger partial charge is 0.248 e. The van der Waals surface area contributed by atoms with E-state index in [2.05, 4.69) is 20.4 Å². The van der Waals surface area contributed by atoms with Crippen LogP contribution in [-0.4, -0.2) is 23.9 Å². The Balaban J connectivity index is 4.00. The predicted molar refractivity (Wildman–Crippen MR) is 61.2 cm³/mol. The molecule has 0 spiro atoms. The number of amides is 1. The van der Waals surface area contributed by atoms with Crippen LogP contribution in [0.3, 0.4) is 0 Å². The summed E-state index contributed by atoms with van der Waals surface area (Å²) in [6.45, 7) is 11.5. The fourth-order valence-corrected chi connectivity index (χ4v) is 1.41. The lowest BCUT2D eigenvalue weighted by molar-refractivity contribution is -0.127. The van der Waals surface area contributed by atoms with Crippen LogP contribution in [0.15, 0.2) is 12.2 Å². The number of carbonyl (C=O) groups excluding carboxylic acids is 1. The van der Waals surface area contributed by atoms with Crippen molar-refractivity contribution in [3.63, 3.8) is 0 Å². The zero-order valence-electron chi connectivity index (χ0n) is 9.81. The van der Waals surface area contributed by atoms with Gasteiger partial charge in [0, 0.05) is 18.7 Å². The average Bonchev–Trinajstić information content (AvgIpc) is 2.15. The molecule has 0 aromatic carbocycles. The van der Waals surface area contributed by atoms with Crippen molar-refractivity contribution in [1.29, 1.82) is 0 Å². The molecule has 0 fully saturated rings. The number of rotatable bonds is 7.